The Labute approximate surface area is 209 Å². The fraction of sp³-hybridized carbons (Fsp3) is 0.467. The molecule has 1 aliphatic heterocycles. The van der Waals surface area contributed by atoms with Crippen LogP contribution in [-0.4, -0.2) is 17.8 Å². The van der Waals surface area contributed by atoms with Crippen LogP contribution in [0.15, 0.2) is 59.8 Å². The summed E-state index contributed by atoms with van der Waals surface area (Å²) < 4.78 is 5.86. The number of fused-ring (bicyclic) bond motifs is 1. The summed E-state index contributed by atoms with van der Waals surface area (Å²) in [6.07, 6.45) is 4.64. The van der Waals surface area contributed by atoms with E-state index in [-0.39, 0.29) is 23.2 Å². The number of Topliss-reactive ketones (excluding diaryl/α,β-unsaturated/α-hetero) is 1. The number of para-hydroxylation sites is 2. The van der Waals surface area contributed by atoms with Gasteiger partial charge in [0.05, 0.1) is 23.5 Å². The number of allylic oxidation sites excluding steroid dienone is 1. The van der Waals surface area contributed by atoms with E-state index in [1.54, 1.807) is 0 Å². The smallest absolute Gasteiger partial charge is 0.227 e. The van der Waals surface area contributed by atoms with Gasteiger partial charge in [-0.25, -0.2) is 0 Å². The fourth-order valence-corrected chi connectivity index (χ4v) is 5.23. The van der Waals surface area contributed by atoms with Crippen molar-refractivity contribution < 1.29 is 14.3 Å². The number of carbonyl (C=O) groups excluding carboxylic acids is 2. The number of anilines is 2. The van der Waals surface area contributed by atoms with Gasteiger partial charge in [-0.2, -0.15) is 0 Å². The molecule has 1 N–H and O–H groups in total. The van der Waals surface area contributed by atoms with Crippen molar-refractivity contribution in [2.75, 3.05) is 10.2 Å². The molecule has 1 atom stereocenters. The topological polar surface area (TPSA) is 58.6 Å². The molecule has 1 aliphatic carbocycles. The van der Waals surface area contributed by atoms with Crippen LogP contribution in [0, 0.1) is 5.41 Å². The van der Waals surface area contributed by atoms with E-state index < -0.39 is 6.04 Å². The van der Waals surface area contributed by atoms with Crippen molar-refractivity contribution in [3.63, 3.8) is 0 Å². The van der Waals surface area contributed by atoms with Gasteiger partial charge < -0.3 is 10.1 Å². The summed E-state index contributed by atoms with van der Waals surface area (Å²) in [5.74, 6) is 0.934. The van der Waals surface area contributed by atoms with E-state index in [2.05, 4.69) is 26.1 Å². The zero-order chi connectivity index (χ0) is 25.2. The maximum absolute atomic E-state index is 13.8. The SMILES string of the molecule is CCCCCC(=O)N1c2ccccc2NC2=C(C(=O)CC(C)(C)C2)[C@H]1c1ccc(OC(C)C)cc1. The summed E-state index contributed by atoms with van der Waals surface area (Å²) in [6, 6.07) is 15.3. The van der Waals surface area contributed by atoms with Crippen molar-refractivity contribution in [1.29, 1.82) is 0 Å². The van der Waals surface area contributed by atoms with E-state index in [0.29, 0.717) is 18.4 Å². The summed E-state index contributed by atoms with van der Waals surface area (Å²) in [5.41, 5.74) is 4.11. The van der Waals surface area contributed by atoms with Gasteiger partial charge in [-0.05, 0) is 61.9 Å². The standard InChI is InChI=1S/C30H38N2O3/c1-6-7-8-13-27(34)32-25-12-10-9-11-23(25)31-24-18-30(4,5)19-26(33)28(24)29(32)21-14-16-22(17-15-21)35-20(2)3/h9-12,14-17,20,29,31H,6-8,13,18-19H2,1-5H3/t29-/m1/s1. The second-order valence-corrected chi connectivity index (χ2v) is 10.8. The summed E-state index contributed by atoms with van der Waals surface area (Å²) in [7, 11) is 0. The Morgan fingerprint density at radius 3 is 2.49 bits per heavy atom. The van der Waals surface area contributed by atoms with Crippen molar-refractivity contribution in [3.8, 4) is 5.75 Å². The summed E-state index contributed by atoms with van der Waals surface area (Å²) >= 11 is 0. The number of nitrogens with one attached hydrogen (secondary N) is 1. The minimum absolute atomic E-state index is 0.0478. The number of rotatable bonds is 7. The molecule has 186 valence electrons. The minimum Gasteiger partial charge on any atom is -0.491 e. The van der Waals surface area contributed by atoms with Gasteiger partial charge in [0.15, 0.2) is 5.78 Å². The monoisotopic (exact) mass is 474 g/mol. The van der Waals surface area contributed by atoms with Gasteiger partial charge in [0, 0.05) is 24.1 Å². The van der Waals surface area contributed by atoms with Crippen molar-refractivity contribution >= 4 is 23.1 Å². The van der Waals surface area contributed by atoms with Crippen LogP contribution in [0.2, 0.25) is 0 Å². The number of carbonyl (C=O) groups is 2. The number of hydrogen-bond donors (Lipinski definition) is 1. The third kappa shape index (κ3) is 5.44. The Bertz CT molecular complexity index is 1110. The van der Waals surface area contributed by atoms with E-state index in [4.69, 9.17) is 4.74 Å². The number of nitrogens with zero attached hydrogens (tertiary/aromatic N) is 1. The van der Waals surface area contributed by atoms with Gasteiger partial charge in [-0.3, -0.25) is 14.5 Å². The van der Waals surface area contributed by atoms with Crippen LogP contribution in [0.25, 0.3) is 0 Å². The number of amides is 1. The lowest BCUT2D eigenvalue weighted by atomic mass is 9.73. The normalized spacial score (nSPS) is 19.1. The first-order valence-corrected chi connectivity index (χ1v) is 12.9. The highest BCUT2D eigenvalue weighted by Crippen LogP contribution is 2.48. The zero-order valence-electron chi connectivity index (χ0n) is 21.7. The van der Waals surface area contributed by atoms with Gasteiger partial charge in [-0.15, -0.1) is 0 Å². The van der Waals surface area contributed by atoms with Crippen molar-refractivity contribution in [2.24, 2.45) is 5.41 Å². The first-order valence-electron chi connectivity index (χ1n) is 12.9. The molecule has 0 unspecified atom stereocenters. The molecular formula is C30H38N2O3. The van der Waals surface area contributed by atoms with Crippen LogP contribution < -0.4 is 15.0 Å². The molecule has 4 rings (SSSR count). The number of ketones is 1. The Morgan fingerprint density at radius 1 is 1.09 bits per heavy atom. The quantitative estimate of drug-likeness (QED) is 0.431. The molecule has 1 heterocycles. The van der Waals surface area contributed by atoms with E-state index in [1.165, 1.54) is 0 Å². The molecule has 2 aromatic rings. The third-order valence-electron chi connectivity index (χ3n) is 6.73. The molecule has 5 nitrogen and oxygen atoms in total. The molecule has 0 saturated heterocycles. The second-order valence-electron chi connectivity index (χ2n) is 10.8. The van der Waals surface area contributed by atoms with Crippen LogP contribution >= 0.6 is 0 Å². The Hall–Kier alpha value is -3.08. The molecular weight excluding hydrogens is 436 g/mol. The number of unbranched alkanes of at least 4 members (excludes halogenated alkanes) is 2. The maximum atomic E-state index is 13.8. The molecule has 35 heavy (non-hydrogen) atoms. The van der Waals surface area contributed by atoms with Crippen molar-refractivity contribution in [2.45, 2.75) is 85.3 Å². The fourth-order valence-electron chi connectivity index (χ4n) is 5.23. The second kappa shape index (κ2) is 10.3. The molecule has 0 radical (unpaired) electrons. The molecule has 2 aliphatic rings. The summed E-state index contributed by atoms with van der Waals surface area (Å²) in [5, 5.41) is 3.58. The summed E-state index contributed by atoms with van der Waals surface area (Å²) in [6.45, 7) is 10.4. The highest BCUT2D eigenvalue weighted by Gasteiger charge is 2.43. The molecule has 0 aromatic heterocycles. The molecule has 2 aromatic carbocycles. The highest BCUT2D eigenvalue weighted by molar-refractivity contribution is 6.06. The van der Waals surface area contributed by atoms with Crippen LogP contribution in [-0.2, 0) is 9.59 Å². The lowest BCUT2D eigenvalue weighted by Gasteiger charge is -2.37. The Kier molecular flexibility index (Phi) is 7.34. The molecule has 0 fully saturated rings. The average Bonchev–Trinajstić information content (AvgIpc) is 2.93. The van der Waals surface area contributed by atoms with Crippen LogP contribution in [0.4, 0.5) is 11.4 Å². The predicted molar refractivity (Wildman–Crippen MR) is 142 cm³/mol. The molecule has 0 spiro atoms. The first-order chi connectivity index (χ1) is 16.7. The van der Waals surface area contributed by atoms with Gasteiger partial charge in [-0.1, -0.05) is 57.9 Å². The van der Waals surface area contributed by atoms with Gasteiger partial charge >= 0.3 is 0 Å². The number of ether oxygens (including phenoxy) is 1. The third-order valence-corrected chi connectivity index (χ3v) is 6.73. The Morgan fingerprint density at radius 2 is 1.80 bits per heavy atom. The van der Waals surface area contributed by atoms with Crippen molar-refractivity contribution in [1.82, 2.24) is 0 Å². The van der Waals surface area contributed by atoms with Gasteiger partial charge in [0.2, 0.25) is 5.91 Å². The van der Waals surface area contributed by atoms with E-state index in [0.717, 1.165) is 54.1 Å². The average molecular weight is 475 g/mol. The van der Waals surface area contributed by atoms with E-state index in [1.807, 2.05) is 67.3 Å². The lowest BCUT2D eigenvalue weighted by Crippen LogP contribution is -2.39. The van der Waals surface area contributed by atoms with Crippen molar-refractivity contribution in [3.05, 3.63) is 65.4 Å². The largest absolute Gasteiger partial charge is 0.491 e. The predicted octanol–water partition coefficient (Wildman–Crippen LogP) is 7.20. The van der Waals surface area contributed by atoms with Crippen LogP contribution in [0.1, 0.15) is 84.7 Å². The lowest BCUT2D eigenvalue weighted by molar-refractivity contribution is -0.119. The molecule has 5 heteroatoms. The zero-order valence-corrected chi connectivity index (χ0v) is 21.7. The number of benzene rings is 2. The van der Waals surface area contributed by atoms with Gasteiger partial charge in [0.1, 0.15) is 5.75 Å². The Balaban J connectivity index is 1.88. The van der Waals surface area contributed by atoms with Gasteiger partial charge in [0.25, 0.3) is 0 Å². The molecule has 0 bridgehead atoms. The highest BCUT2D eigenvalue weighted by atomic mass is 16.5. The summed E-state index contributed by atoms with van der Waals surface area (Å²) in [4.78, 5) is 29.4. The molecule has 0 saturated carbocycles. The molecule has 1 amide bonds. The van der Waals surface area contributed by atoms with Crippen LogP contribution in [0.3, 0.4) is 0 Å². The number of hydrogen-bond acceptors (Lipinski definition) is 4. The first kappa shape index (κ1) is 25.0. The van der Waals surface area contributed by atoms with E-state index in [9.17, 15) is 9.59 Å². The maximum Gasteiger partial charge on any atom is 0.227 e. The minimum atomic E-state index is -0.480. The van der Waals surface area contributed by atoms with Crippen LogP contribution in [0.5, 0.6) is 5.75 Å². The van der Waals surface area contributed by atoms with E-state index >= 15 is 0 Å².